The Balaban J connectivity index is 1.89. The summed E-state index contributed by atoms with van der Waals surface area (Å²) in [6.45, 7) is 5.22. The summed E-state index contributed by atoms with van der Waals surface area (Å²) < 4.78 is 1.96. The van der Waals surface area contributed by atoms with E-state index in [1.807, 2.05) is 16.9 Å². The lowest BCUT2D eigenvalue weighted by atomic mass is 9.77. The maximum Gasteiger partial charge on any atom is 0.0762 e. The summed E-state index contributed by atoms with van der Waals surface area (Å²) in [6, 6.07) is 2.45. The van der Waals surface area contributed by atoms with Gasteiger partial charge in [0, 0.05) is 24.3 Å². The van der Waals surface area contributed by atoms with Crippen molar-refractivity contribution in [3.63, 3.8) is 0 Å². The molecule has 1 heterocycles. The van der Waals surface area contributed by atoms with Crippen LogP contribution in [0.3, 0.4) is 0 Å². The van der Waals surface area contributed by atoms with Gasteiger partial charge in [-0.3, -0.25) is 4.68 Å². The van der Waals surface area contributed by atoms with Crippen LogP contribution in [0.2, 0.25) is 0 Å². The van der Waals surface area contributed by atoms with Crippen LogP contribution in [0, 0.1) is 0 Å². The molecule has 1 aromatic heterocycles. The minimum Gasteiger partial charge on any atom is -0.394 e. The molecule has 2 N–H and O–H groups in total. The standard InChI is InChI=1S/C12H21N3O/c1-10(2)15-7-4-11(14-15)8-13-12(9-16)5-3-6-12/h4,7,10,13,16H,3,5-6,8-9H2,1-2H3. The highest BCUT2D eigenvalue weighted by molar-refractivity contribution is 5.03. The van der Waals surface area contributed by atoms with Crippen molar-refractivity contribution in [3.05, 3.63) is 18.0 Å². The SMILES string of the molecule is CC(C)n1ccc(CNC2(CO)CCC2)n1. The number of aromatic nitrogens is 2. The lowest BCUT2D eigenvalue weighted by Crippen LogP contribution is -2.53. The molecule has 4 heteroatoms. The first-order chi connectivity index (χ1) is 7.65. The molecule has 1 aliphatic carbocycles. The maximum atomic E-state index is 9.32. The first-order valence-corrected chi connectivity index (χ1v) is 6.05. The first-order valence-electron chi connectivity index (χ1n) is 6.05. The summed E-state index contributed by atoms with van der Waals surface area (Å²) in [5, 5.41) is 17.2. The Morgan fingerprint density at radius 3 is 2.75 bits per heavy atom. The fraction of sp³-hybridized carbons (Fsp3) is 0.750. The van der Waals surface area contributed by atoms with Crippen molar-refractivity contribution in [2.45, 2.75) is 51.2 Å². The molecule has 0 bridgehead atoms. The Morgan fingerprint density at radius 2 is 2.31 bits per heavy atom. The highest BCUT2D eigenvalue weighted by atomic mass is 16.3. The van der Waals surface area contributed by atoms with Crippen LogP contribution in [0.15, 0.2) is 12.3 Å². The summed E-state index contributed by atoms with van der Waals surface area (Å²) in [4.78, 5) is 0. The number of nitrogens with zero attached hydrogens (tertiary/aromatic N) is 2. The van der Waals surface area contributed by atoms with Crippen LogP contribution in [0.1, 0.15) is 44.8 Å². The molecule has 90 valence electrons. The van der Waals surface area contributed by atoms with Crippen molar-refractivity contribution in [2.24, 2.45) is 0 Å². The number of hydrogen-bond donors (Lipinski definition) is 2. The minimum atomic E-state index is -0.0262. The van der Waals surface area contributed by atoms with E-state index in [9.17, 15) is 5.11 Å². The predicted molar refractivity (Wildman–Crippen MR) is 63.1 cm³/mol. The zero-order valence-electron chi connectivity index (χ0n) is 10.1. The normalized spacial score (nSPS) is 18.8. The van der Waals surface area contributed by atoms with Gasteiger partial charge in [-0.25, -0.2) is 0 Å². The number of rotatable bonds is 5. The monoisotopic (exact) mass is 223 g/mol. The number of hydrogen-bond acceptors (Lipinski definition) is 3. The molecule has 1 aromatic rings. The molecule has 0 atom stereocenters. The third-order valence-electron chi connectivity index (χ3n) is 3.45. The zero-order valence-corrected chi connectivity index (χ0v) is 10.1. The molecule has 0 radical (unpaired) electrons. The van der Waals surface area contributed by atoms with Crippen molar-refractivity contribution < 1.29 is 5.11 Å². The molecule has 0 aromatic carbocycles. The second kappa shape index (κ2) is 4.55. The van der Waals surface area contributed by atoms with Crippen molar-refractivity contribution in [2.75, 3.05) is 6.61 Å². The van der Waals surface area contributed by atoms with Crippen LogP contribution in [-0.2, 0) is 6.54 Å². The van der Waals surface area contributed by atoms with E-state index in [4.69, 9.17) is 0 Å². The van der Waals surface area contributed by atoms with E-state index in [0.29, 0.717) is 6.04 Å². The van der Waals surface area contributed by atoms with Crippen LogP contribution in [0.4, 0.5) is 0 Å². The molecule has 4 nitrogen and oxygen atoms in total. The van der Waals surface area contributed by atoms with E-state index in [1.54, 1.807) is 0 Å². The molecule has 0 unspecified atom stereocenters. The van der Waals surface area contributed by atoms with Gasteiger partial charge in [-0.1, -0.05) is 0 Å². The third kappa shape index (κ3) is 2.28. The van der Waals surface area contributed by atoms with Crippen LogP contribution in [0.5, 0.6) is 0 Å². The molecule has 0 amide bonds. The van der Waals surface area contributed by atoms with Crippen molar-refractivity contribution in [1.29, 1.82) is 0 Å². The largest absolute Gasteiger partial charge is 0.394 e. The second-order valence-corrected chi connectivity index (χ2v) is 5.03. The van der Waals surface area contributed by atoms with Crippen LogP contribution in [-0.4, -0.2) is 27.0 Å². The molecule has 1 aliphatic rings. The van der Waals surface area contributed by atoms with Crippen molar-refractivity contribution in [3.8, 4) is 0 Å². The van der Waals surface area contributed by atoms with Crippen molar-refractivity contribution in [1.82, 2.24) is 15.1 Å². The van der Waals surface area contributed by atoms with Crippen molar-refractivity contribution >= 4 is 0 Å². The lowest BCUT2D eigenvalue weighted by molar-refractivity contribution is 0.0868. The Bertz CT molecular complexity index is 336. The highest BCUT2D eigenvalue weighted by Crippen LogP contribution is 2.31. The van der Waals surface area contributed by atoms with Crippen LogP contribution < -0.4 is 5.32 Å². The summed E-state index contributed by atoms with van der Waals surface area (Å²) in [6.07, 6.45) is 5.38. The zero-order chi connectivity index (χ0) is 11.6. The maximum absolute atomic E-state index is 9.32. The third-order valence-corrected chi connectivity index (χ3v) is 3.45. The van der Waals surface area contributed by atoms with Gasteiger partial charge in [0.05, 0.1) is 12.3 Å². The van der Waals surface area contributed by atoms with Gasteiger partial charge in [-0.05, 0) is 39.2 Å². The number of nitrogens with one attached hydrogen (secondary N) is 1. The molecular weight excluding hydrogens is 202 g/mol. The summed E-state index contributed by atoms with van der Waals surface area (Å²) in [5.41, 5.74) is 1.02. The summed E-state index contributed by atoms with van der Waals surface area (Å²) >= 11 is 0. The van der Waals surface area contributed by atoms with E-state index in [-0.39, 0.29) is 12.1 Å². The first kappa shape index (κ1) is 11.6. The topological polar surface area (TPSA) is 50.1 Å². The Hall–Kier alpha value is -0.870. The number of aliphatic hydroxyl groups is 1. The average molecular weight is 223 g/mol. The van der Waals surface area contributed by atoms with Gasteiger partial charge in [-0.15, -0.1) is 0 Å². The van der Waals surface area contributed by atoms with E-state index < -0.39 is 0 Å². The summed E-state index contributed by atoms with van der Waals surface area (Å²) in [7, 11) is 0. The molecule has 0 saturated heterocycles. The quantitative estimate of drug-likeness (QED) is 0.794. The fourth-order valence-corrected chi connectivity index (χ4v) is 2.03. The van der Waals surface area contributed by atoms with Gasteiger partial charge in [-0.2, -0.15) is 5.10 Å². The van der Waals surface area contributed by atoms with E-state index in [1.165, 1.54) is 6.42 Å². The van der Waals surface area contributed by atoms with Gasteiger partial charge >= 0.3 is 0 Å². The van der Waals surface area contributed by atoms with Crippen LogP contribution in [0.25, 0.3) is 0 Å². The smallest absolute Gasteiger partial charge is 0.0762 e. The molecule has 0 spiro atoms. The molecule has 16 heavy (non-hydrogen) atoms. The molecular formula is C12H21N3O. The molecule has 0 aliphatic heterocycles. The second-order valence-electron chi connectivity index (χ2n) is 5.03. The van der Waals surface area contributed by atoms with E-state index >= 15 is 0 Å². The van der Waals surface area contributed by atoms with Gasteiger partial charge in [0.1, 0.15) is 0 Å². The average Bonchev–Trinajstić information content (AvgIpc) is 2.65. The summed E-state index contributed by atoms with van der Waals surface area (Å²) in [5.74, 6) is 0. The van der Waals surface area contributed by atoms with Gasteiger partial charge in [0.15, 0.2) is 0 Å². The Morgan fingerprint density at radius 1 is 1.56 bits per heavy atom. The lowest BCUT2D eigenvalue weighted by Gasteiger charge is -2.41. The minimum absolute atomic E-state index is 0.0262. The molecule has 1 saturated carbocycles. The van der Waals surface area contributed by atoms with Crippen LogP contribution >= 0.6 is 0 Å². The van der Waals surface area contributed by atoms with Gasteiger partial charge < -0.3 is 10.4 Å². The van der Waals surface area contributed by atoms with Gasteiger partial charge in [0.2, 0.25) is 0 Å². The molecule has 1 fully saturated rings. The number of aliphatic hydroxyl groups excluding tert-OH is 1. The highest BCUT2D eigenvalue weighted by Gasteiger charge is 2.35. The molecule has 2 rings (SSSR count). The Labute approximate surface area is 96.7 Å². The van der Waals surface area contributed by atoms with E-state index in [2.05, 4.69) is 24.3 Å². The Kier molecular flexibility index (Phi) is 3.30. The van der Waals surface area contributed by atoms with E-state index in [0.717, 1.165) is 25.1 Å². The van der Waals surface area contributed by atoms with Gasteiger partial charge in [0.25, 0.3) is 0 Å². The fourth-order valence-electron chi connectivity index (χ4n) is 2.03. The predicted octanol–water partition coefficient (Wildman–Crippen LogP) is 1.47.